The molecule has 1 aliphatic heterocycles. The number of halogens is 3. The van der Waals surface area contributed by atoms with Gasteiger partial charge in [0, 0.05) is 25.7 Å². The van der Waals surface area contributed by atoms with E-state index >= 15 is 0 Å². The lowest BCUT2D eigenvalue weighted by molar-refractivity contribution is -0.153. The van der Waals surface area contributed by atoms with Gasteiger partial charge in [0.2, 0.25) is 0 Å². The van der Waals surface area contributed by atoms with Crippen LogP contribution in [0.25, 0.3) is 0 Å². The molecule has 3 rings (SSSR count). The molecule has 1 atom stereocenters. The molecule has 2 aromatic carbocycles. The number of carbonyl (C=O) groups excluding carboxylic acids is 1. The summed E-state index contributed by atoms with van der Waals surface area (Å²) < 4.78 is 54.2. The quantitative estimate of drug-likeness (QED) is 0.356. The number of ether oxygens (including phenoxy) is 3. The number of anilines is 1. The van der Waals surface area contributed by atoms with Crippen LogP contribution in [-0.4, -0.2) is 73.4 Å². The maximum atomic E-state index is 13.2. The third-order valence-electron chi connectivity index (χ3n) is 6.44. The molecule has 11 heteroatoms. The topological polar surface area (TPSA) is 95.3 Å². The zero-order chi connectivity index (χ0) is 30.2. The standard InChI is InChI=1S/C30H38F3N3O5/c1-21(16-22-17-23-10-12-35(11-7-14-37)27(23)24(18-22)19-34)36(28(38)41-29(2,3)4)13-15-39-25-8-5-6-9-26(25)40-20-30(31,32)33/h5-6,8-9,17-18,21,37H,7,10-16,20H2,1-4H3/t21-/m1/s1. The number of alkyl halides is 3. The van der Waals surface area contributed by atoms with Gasteiger partial charge in [0.1, 0.15) is 18.3 Å². The van der Waals surface area contributed by atoms with Crippen molar-refractivity contribution in [3.8, 4) is 17.6 Å². The molecule has 0 aliphatic carbocycles. The highest BCUT2D eigenvalue weighted by atomic mass is 19.4. The zero-order valence-electron chi connectivity index (χ0n) is 24.0. The summed E-state index contributed by atoms with van der Waals surface area (Å²) in [5.74, 6) is 0.0912. The second-order valence-electron chi connectivity index (χ2n) is 11.0. The number of nitrogens with zero attached hydrogens (tertiary/aromatic N) is 3. The summed E-state index contributed by atoms with van der Waals surface area (Å²) in [6.45, 7) is 7.35. The number of nitriles is 1. The van der Waals surface area contributed by atoms with Crippen molar-refractivity contribution in [2.45, 2.75) is 64.8 Å². The van der Waals surface area contributed by atoms with E-state index in [1.165, 1.54) is 17.0 Å². The van der Waals surface area contributed by atoms with Crippen LogP contribution in [0.5, 0.6) is 11.5 Å². The first kappa shape index (κ1) is 31.9. The fourth-order valence-corrected chi connectivity index (χ4v) is 4.75. The van der Waals surface area contributed by atoms with Crippen molar-refractivity contribution < 1.29 is 37.3 Å². The molecule has 0 unspecified atom stereocenters. The van der Waals surface area contributed by atoms with Crippen LogP contribution in [0, 0.1) is 11.3 Å². The number of aliphatic hydroxyl groups excluding tert-OH is 1. The molecule has 0 bridgehead atoms. The molecular formula is C30H38F3N3O5. The molecule has 0 radical (unpaired) electrons. The number of aliphatic hydroxyl groups is 1. The number of fused-ring (bicyclic) bond motifs is 1. The van der Waals surface area contributed by atoms with Crippen molar-refractivity contribution in [3.63, 3.8) is 0 Å². The predicted molar refractivity (Wildman–Crippen MR) is 148 cm³/mol. The highest BCUT2D eigenvalue weighted by molar-refractivity contribution is 5.70. The number of amides is 1. The van der Waals surface area contributed by atoms with Crippen LogP contribution in [0.1, 0.15) is 50.8 Å². The third-order valence-corrected chi connectivity index (χ3v) is 6.44. The van der Waals surface area contributed by atoms with E-state index in [1.807, 2.05) is 13.0 Å². The van der Waals surface area contributed by atoms with E-state index in [2.05, 4.69) is 17.0 Å². The van der Waals surface area contributed by atoms with Crippen molar-refractivity contribution in [1.29, 1.82) is 5.26 Å². The lowest BCUT2D eigenvalue weighted by Gasteiger charge is -2.32. The van der Waals surface area contributed by atoms with Gasteiger partial charge in [0.15, 0.2) is 18.1 Å². The molecule has 41 heavy (non-hydrogen) atoms. The van der Waals surface area contributed by atoms with Crippen molar-refractivity contribution in [2.24, 2.45) is 0 Å². The predicted octanol–water partition coefficient (Wildman–Crippen LogP) is 5.49. The highest BCUT2D eigenvalue weighted by Crippen LogP contribution is 2.34. The van der Waals surface area contributed by atoms with E-state index in [0.29, 0.717) is 24.9 Å². The summed E-state index contributed by atoms with van der Waals surface area (Å²) in [5, 5.41) is 19.1. The number of benzene rings is 2. The molecule has 0 spiro atoms. The number of hydrogen-bond acceptors (Lipinski definition) is 7. The van der Waals surface area contributed by atoms with Crippen molar-refractivity contribution >= 4 is 11.8 Å². The minimum Gasteiger partial charge on any atom is -0.488 e. The van der Waals surface area contributed by atoms with Crippen molar-refractivity contribution in [2.75, 3.05) is 44.4 Å². The highest BCUT2D eigenvalue weighted by Gasteiger charge is 2.30. The Morgan fingerprint density at radius 3 is 2.46 bits per heavy atom. The molecule has 1 aliphatic rings. The first-order chi connectivity index (χ1) is 19.3. The molecule has 2 aromatic rings. The van der Waals surface area contributed by atoms with Crippen LogP contribution < -0.4 is 14.4 Å². The summed E-state index contributed by atoms with van der Waals surface area (Å²) in [6.07, 6.45) is -3.18. The normalized spacial score (nSPS) is 13.8. The second-order valence-corrected chi connectivity index (χ2v) is 11.0. The summed E-state index contributed by atoms with van der Waals surface area (Å²) >= 11 is 0. The third kappa shape index (κ3) is 9.46. The Kier molecular flexibility index (Phi) is 10.7. The van der Waals surface area contributed by atoms with Gasteiger partial charge in [-0.15, -0.1) is 0 Å². The maximum absolute atomic E-state index is 13.2. The molecular weight excluding hydrogens is 539 g/mol. The Bertz CT molecular complexity index is 1220. The van der Waals surface area contributed by atoms with E-state index in [0.717, 1.165) is 29.8 Å². The van der Waals surface area contributed by atoms with Gasteiger partial charge < -0.3 is 29.1 Å². The van der Waals surface area contributed by atoms with Gasteiger partial charge in [-0.3, -0.25) is 0 Å². The molecule has 8 nitrogen and oxygen atoms in total. The Morgan fingerprint density at radius 2 is 1.85 bits per heavy atom. The smallest absolute Gasteiger partial charge is 0.422 e. The first-order valence-electron chi connectivity index (χ1n) is 13.6. The lowest BCUT2D eigenvalue weighted by atomic mass is 9.98. The number of para-hydroxylation sites is 2. The molecule has 1 N–H and O–H groups in total. The van der Waals surface area contributed by atoms with E-state index in [4.69, 9.17) is 14.2 Å². The van der Waals surface area contributed by atoms with Crippen LogP contribution in [-0.2, 0) is 17.6 Å². The Balaban J connectivity index is 1.75. The second kappa shape index (κ2) is 13.8. The fourth-order valence-electron chi connectivity index (χ4n) is 4.75. The summed E-state index contributed by atoms with van der Waals surface area (Å²) in [5.41, 5.74) is 2.68. The molecule has 224 valence electrons. The van der Waals surface area contributed by atoms with Crippen LogP contribution in [0.2, 0.25) is 0 Å². The monoisotopic (exact) mass is 577 g/mol. The van der Waals surface area contributed by atoms with Gasteiger partial charge in [-0.25, -0.2) is 4.79 Å². The van der Waals surface area contributed by atoms with E-state index < -0.39 is 24.5 Å². The number of hydrogen-bond donors (Lipinski definition) is 1. The van der Waals surface area contributed by atoms with Crippen LogP contribution in [0.15, 0.2) is 36.4 Å². The van der Waals surface area contributed by atoms with Crippen molar-refractivity contribution in [1.82, 2.24) is 4.90 Å². The van der Waals surface area contributed by atoms with E-state index in [-0.39, 0.29) is 37.3 Å². The van der Waals surface area contributed by atoms with Gasteiger partial charge in [-0.05, 0) is 76.3 Å². The van der Waals surface area contributed by atoms with Crippen LogP contribution >= 0.6 is 0 Å². The minimum absolute atomic E-state index is 0.0105. The number of carbonyl (C=O) groups is 1. The molecule has 1 heterocycles. The average molecular weight is 578 g/mol. The molecule has 0 fully saturated rings. The van der Waals surface area contributed by atoms with Gasteiger partial charge in [-0.1, -0.05) is 18.2 Å². The van der Waals surface area contributed by atoms with Gasteiger partial charge >= 0.3 is 12.3 Å². The Labute approximate surface area is 239 Å². The van der Waals surface area contributed by atoms with E-state index in [9.17, 15) is 28.3 Å². The molecule has 1 amide bonds. The minimum atomic E-state index is -4.49. The van der Waals surface area contributed by atoms with Gasteiger partial charge in [0.25, 0.3) is 0 Å². The van der Waals surface area contributed by atoms with Crippen LogP contribution in [0.3, 0.4) is 0 Å². The molecule has 0 aromatic heterocycles. The lowest BCUT2D eigenvalue weighted by Crippen LogP contribution is -2.45. The summed E-state index contributed by atoms with van der Waals surface area (Å²) in [7, 11) is 0. The Hall–Kier alpha value is -3.65. The summed E-state index contributed by atoms with van der Waals surface area (Å²) in [4.78, 5) is 16.8. The largest absolute Gasteiger partial charge is 0.488 e. The number of rotatable bonds is 12. The van der Waals surface area contributed by atoms with Crippen molar-refractivity contribution in [3.05, 3.63) is 53.1 Å². The van der Waals surface area contributed by atoms with E-state index in [1.54, 1.807) is 32.9 Å². The molecule has 0 saturated heterocycles. The first-order valence-corrected chi connectivity index (χ1v) is 13.6. The van der Waals surface area contributed by atoms with Gasteiger partial charge in [0.05, 0.1) is 17.8 Å². The Morgan fingerprint density at radius 1 is 1.17 bits per heavy atom. The van der Waals surface area contributed by atoms with Crippen LogP contribution in [0.4, 0.5) is 23.7 Å². The zero-order valence-corrected chi connectivity index (χ0v) is 24.0. The maximum Gasteiger partial charge on any atom is 0.422 e. The average Bonchev–Trinajstić information content (AvgIpc) is 3.30. The SMILES string of the molecule is C[C@H](Cc1cc(C#N)c2c(c1)CCN2CCCO)N(CCOc1ccccc1OCC(F)(F)F)C(=O)OC(C)(C)C. The fraction of sp³-hybridized carbons (Fsp3) is 0.533. The van der Waals surface area contributed by atoms with Gasteiger partial charge in [-0.2, -0.15) is 18.4 Å². The molecule has 0 saturated carbocycles. The summed E-state index contributed by atoms with van der Waals surface area (Å²) in [6, 6.07) is 11.9.